The summed E-state index contributed by atoms with van der Waals surface area (Å²) in [4.78, 5) is 17.0. The van der Waals surface area contributed by atoms with Gasteiger partial charge in [0.25, 0.3) is 0 Å². The second-order valence-corrected chi connectivity index (χ2v) is 5.24. The lowest BCUT2D eigenvalue weighted by atomic mass is 9.85. The fraction of sp³-hybridized carbons (Fsp3) is 0.615. The normalized spacial score (nSPS) is 26.8. The highest BCUT2D eigenvalue weighted by Gasteiger charge is 2.35. The molecule has 1 N–H and O–H groups in total. The molecule has 0 aromatic carbocycles. The van der Waals surface area contributed by atoms with E-state index in [9.17, 15) is 10.1 Å². The fourth-order valence-electron chi connectivity index (χ4n) is 2.80. The van der Waals surface area contributed by atoms with Crippen molar-refractivity contribution in [2.24, 2.45) is 0 Å². The third kappa shape index (κ3) is 2.73. The number of aromatic nitrogens is 1. The Balaban J connectivity index is 1.55. The zero-order chi connectivity index (χ0) is 13.9. The Bertz CT molecular complexity index is 484. The van der Waals surface area contributed by atoms with Crippen molar-refractivity contribution in [2.45, 2.75) is 24.9 Å². The van der Waals surface area contributed by atoms with Gasteiger partial charge in [0, 0.05) is 37.4 Å². The van der Waals surface area contributed by atoms with Gasteiger partial charge in [-0.15, -0.1) is 0 Å². The number of morpholine rings is 1. The minimum absolute atomic E-state index is 0.0438. The van der Waals surface area contributed by atoms with Gasteiger partial charge >= 0.3 is 5.69 Å². The van der Waals surface area contributed by atoms with Crippen LogP contribution in [0.2, 0.25) is 0 Å². The number of rotatable bonds is 4. The first-order valence-electron chi connectivity index (χ1n) is 6.92. The summed E-state index contributed by atoms with van der Waals surface area (Å²) >= 11 is 0. The van der Waals surface area contributed by atoms with Crippen LogP contribution in [0.4, 0.5) is 11.5 Å². The molecule has 0 unspecified atom stereocenters. The van der Waals surface area contributed by atoms with Crippen molar-refractivity contribution in [2.75, 3.05) is 31.6 Å². The predicted molar refractivity (Wildman–Crippen MR) is 73.7 cm³/mol. The summed E-state index contributed by atoms with van der Waals surface area (Å²) < 4.78 is 5.34. The monoisotopic (exact) mass is 278 g/mol. The van der Waals surface area contributed by atoms with Gasteiger partial charge in [0.2, 0.25) is 5.82 Å². The number of nitro groups is 1. The van der Waals surface area contributed by atoms with E-state index in [0.29, 0.717) is 11.9 Å². The van der Waals surface area contributed by atoms with E-state index in [2.05, 4.69) is 15.2 Å². The molecule has 0 bridgehead atoms. The molecule has 2 aliphatic rings. The fourth-order valence-corrected chi connectivity index (χ4v) is 2.80. The molecule has 1 saturated carbocycles. The standard InChI is InChI=1S/C13H18N4O3/c18-17(19)12-2-1-3-14-13(12)15-10-8-11(9-10)16-4-6-20-7-5-16/h1-3,10-11H,4-9H2,(H,14,15). The molecule has 108 valence electrons. The van der Waals surface area contributed by atoms with E-state index in [1.165, 1.54) is 6.07 Å². The van der Waals surface area contributed by atoms with Crippen molar-refractivity contribution in [1.82, 2.24) is 9.88 Å². The van der Waals surface area contributed by atoms with Crippen LogP contribution in [0.5, 0.6) is 0 Å². The molecule has 0 spiro atoms. The summed E-state index contributed by atoms with van der Waals surface area (Å²) in [5, 5.41) is 14.1. The molecule has 0 amide bonds. The highest BCUT2D eigenvalue weighted by atomic mass is 16.6. The largest absolute Gasteiger partial charge is 0.379 e. The van der Waals surface area contributed by atoms with E-state index in [0.717, 1.165) is 39.1 Å². The van der Waals surface area contributed by atoms with Crippen LogP contribution in [0.25, 0.3) is 0 Å². The predicted octanol–water partition coefficient (Wildman–Crippen LogP) is 1.26. The van der Waals surface area contributed by atoms with Gasteiger partial charge in [-0.2, -0.15) is 0 Å². The molecule has 7 nitrogen and oxygen atoms in total. The molecule has 1 saturated heterocycles. The van der Waals surface area contributed by atoms with Crippen molar-refractivity contribution in [3.05, 3.63) is 28.4 Å². The minimum Gasteiger partial charge on any atom is -0.379 e. The van der Waals surface area contributed by atoms with Crippen molar-refractivity contribution >= 4 is 11.5 Å². The van der Waals surface area contributed by atoms with Crippen molar-refractivity contribution in [1.29, 1.82) is 0 Å². The van der Waals surface area contributed by atoms with Crippen LogP contribution in [0, 0.1) is 10.1 Å². The van der Waals surface area contributed by atoms with Gasteiger partial charge in [-0.3, -0.25) is 15.0 Å². The zero-order valence-corrected chi connectivity index (χ0v) is 11.2. The Labute approximate surface area is 117 Å². The second kappa shape index (κ2) is 5.72. The summed E-state index contributed by atoms with van der Waals surface area (Å²) in [6.07, 6.45) is 3.59. The number of pyridine rings is 1. The Kier molecular flexibility index (Phi) is 3.79. The zero-order valence-electron chi connectivity index (χ0n) is 11.2. The van der Waals surface area contributed by atoms with Crippen LogP contribution >= 0.6 is 0 Å². The molecule has 1 aliphatic carbocycles. The van der Waals surface area contributed by atoms with E-state index in [4.69, 9.17) is 4.74 Å². The van der Waals surface area contributed by atoms with Gasteiger partial charge in [-0.25, -0.2) is 4.98 Å². The van der Waals surface area contributed by atoms with Crippen LogP contribution < -0.4 is 5.32 Å². The molecular formula is C13H18N4O3. The van der Waals surface area contributed by atoms with Crippen LogP contribution in [0.3, 0.4) is 0 Å². The molecule has 1 aromatic rings. The number of hydrogen-bond acceptors (Lipinski definition) is 6. The Morgan fingerprint density at radius 2 is 2.15 bits per heavy atom. The summed E-state index contributed by atoms with van der Waals surface area (Å²) in [5.41, 5.74) is 0.0438. The topological polar surface area (TPSA) is 80.5 Å². The van der Waals surface area contributed by atoms with E-state index >= 15 is 0 Å². The Morgan fingerprint density at radius 1 is 1.40 bits per heavy atom. The molecule has 7 heteroatoms. The Morgan fingerprint density at radius 3 is 2.85 bits per heavy atom. The summed E-state index contributed by atoms with van der Waals surface area (Å²) in [5.74, 6) is 0.378. The molecule has 2 fully saturated rings. The second-order valence-electron chi connectivity index (χ2n) is 5.24. The SMILES string of the molecule is O=[N+]([O-])c1cccnc1NC1CC(N2CCOCC2)C1. The van der Waals surface area contributed by atoms with E-state index in [1.54, 1.807) is 12.3 Å². The minimum atomic E-state index is -0.395. The molecule has 3 rings (SSSR count). The molecule has 20 heavy (non-hydrogen) atoms. The first-order valence-corrected chi connectivity index (χ1v) is 6.92. The molecule has 1 aromatic heterocycles. The van der Waals surface area contributed by atoms with Gasteiger partial charge in [0.1, 0.15) is 0 Å². The molecule has 0 atom stereocenters. The first kappa shape index (κ1) is 13.3. The maximum Gasteiger partial charge on any atom is 0.311 e. The third-order valence-corrected chi connectivity index (χ3v) is 4.00. The van der Waals surface area contributed by atoms with Crippen LogP contribution in [-0.4, -0.2) is 53.2 Å². The number of nitrogens with one attached hydrogen (secondary N) is 1. The van der Waals surface area contributed by atoms with Crippen LogP contribution in [0.15, 0.2) is 18.3 Å². The smallest absolute Gasteiger partial charge is 0.311 e. The Hall–Kier alpha value is -1.73. The number of ether oxygens (including phenoxy) is 1. The average Bonchev–Trinajstić information content (AvgIpc) is 2.43. The van der Waals surface area contributed by atoms with Crippen molar-refractivity contribution in [3.8, 4) is 0 Å². The van der Waals surface area contributed by atoms with Crippen molar-refractivity contribution in [3.63, 3.8) is 0 Å². The van der Waals surface area contributed by atoms with Crippen LogP contribution in [0.1, 0.15) is 12.8 Å². The lowest BCUT2D eigenvalue weighted by molar-refractivity contribution is -0.384. The maximum atomic E-state index is 10.9. The molecular weight excluding hydrogens is 260 g/mol. The van der Waals surface area contributed by atoms with E-state index < -0.39 is 4.92 Å². The van der Waals surface area contributed by atoms with Gasteiger partial charge < -0.3 is 10.1 Å². The van der Waals surface area contributed by atoms with Crippen molar-refractivity contribution < 1.29 is 9.66 Å². The summed E-state index contributed by atoms with van der Waals surface area (Å²) in [6.45, 7) is 3.59. The highest BCUT2D eigenvalue weighted by Crippen LogP contribution is 2.31. The van der Waals surface area contributed by atoms with Gasteiger partial charge in [0.05, 0.1) is 18.1 Å². The number of nitrogens with zero attached hydrogens (tertiary/aromatic N) is 3. The third-order valence-electron chi connectivity index (χ3n) is 4.00. The summed E-state index contributed by atoms with van der Waals surface area (Å²) in [7, 11) is 0. The van der Waals surface area contributed by atoms with Crippen LogP contribution in [-0.2, 0) is 4.74 Å². The van der Waals surface area contributed by atoms with Gasteiger partial charge in [-0.05, 0) is 18.9 Å². The maximum absolute atomic E-state index is 10.9. The molecule has 0 radical (unpaired) electrons. The van der Waals surface area contributed by atoms with E-state index in [-0.39, 0.29) is 11.7 Å². The highest BCUT2D eigenvalue weighted by molar-refractivity contribution is 5.55. The lowest BCUT2D eigenvalue weighted by Crippen LogP contribution is -2.53. The molecule has 1 aliphatic heterocycles. The van der Waals surface area contributed by atoms with Gasteiger partial charge in [-0.1, -0.05) is 0 Å². The summed E-state index contributed by atoms with van der Waals surface area (Å²) in [6, 6.07) is 3.91. The molecule has 2 heterocycles. The number of anilines is 1. The van der Waals surface area contributed by atoms with Gasteiger partial charge in [0.15, 0.2) is 0 Å². The lowest BCUT2D eigenvalue weighted by Gasteiger charge is -2.44. The average molecular weight is 278 g/mol. The quantitative estimate of drug-likeness (QED) is 0.660. The number of hydrogen-bond donors (Lipinski definition) is 1. The van der Waals surface area contributed by atoms with E-state index in [1.807, 2.05) is 0 Å². The first-order chi connectivity index (χ1) is 9.74.